The van der Waals surface area contributed by atoms with Gasteiger partial charge in [-0.1, -0.05) is 17.7 Å². The lowest BCUT2D eigenvalue weighted by atomic mass is 9.97. The number of carboxylic acid groups (broad SMARTS) is 1. The minimum absolute atomic E-state index is 0.267. The predicted molar refractivity (Wildman–Crippen MR) is 101 cm³/mol. The van der Waals surface area contributed by atoms with Crippen molar-refractivity contribution < 1.29 is 19.4 Å². The number of halogens is 1. The van der Waals surface area contributed by atoms with Gasteiger partial charge in [-0.15, -0.1) is 0 Å². The van der Waals surface area contributed by atoms with Gasteiger partial charge in [0, 0.05) is 25.0 Å². The van der Waals surface area contributed by atoms with E-state index in [1.165, 1.54) is 0 Å². The standard InChI is InChI=1S/C19H20ClN3O4/c20-16-11-14(4-5-17(16)27-12-15-3-1-2-8-21-15)22-19(26)23-9-6-13(7-10-23)18(24)25/h1-5,8,11,13H,6-7,9-10,12H2,(H,22,26)(H,24,25). The fourth-order valence-corrected chi connectivity index (χ4v) is 3.10. The number of anilines is 1. The Kier molecular flexibility index (Phi) is 6.13. The van der Waals surface area contributed by atoms with E-state index in [0.717, 1.165) is 5.69 Å². The number of urea groups is 1. The summed E-state index contributed by atoms with van der Waals surface area (Å²) in [5.41, 5.74) is 1.34. The zero-order chi connectivity index (χ0) is 19.2. The highest BCUT2D eigenvalue weighted by Crippen LogP contribution is 2.28. The Morgan fingerprint density at radius 2 is 2.04 bits per heavy atom. The van der Waals surface area contributed by atoms with Crippen LogP contribution >= 0.6 is 11.6 Å². The van der Waals surface area contributed by atoms with Crippen molar-refractivity contribution in [3.8, 4) is 5.75 Å². The number of piperidine rings is 1. The van der Waals surface area contributed by atoms with Crippen molar-refractivity contribution in [2.75, 3.05) is 18.4 Å². The zero-order valence-corrected chi connectivity index (χ0v) is 15.4. The summed E-state index contributed by atoms with van der Waals surface area (Å²) in [5, 5.41) is 12.2. The molecule has 0 radical (unpaired) electrons. The van der Waals surface area contributed by atoms with Crippen LogP contribution in [-0.2, 0) is 11.4 Å². The van der Waals surface area contributed by atoms with Crippen LogP contribution in [0.1, 0.15) is 18.5 Å². The number of nitrogens with zero attached hydrogens (tertiary/aromatic N) is 2. The first-order valence-corrected chi connectivity index (χ1v) is 9.01. The van der Waals surface area contributed by atoms with Gasteiger partial charge in [0.25, 0.3) is 0 Å². The Hall–Kier alpha value is -2.80. The molecule has 0 atom stereocenters. The van der Waals surface area contributed by atoms with Crippen LogP contribution in [0.4, 0.5) is 10.5 Å². The van der Waals surface area contributed by atoms with E-state index >= 15 is 0 Å². The lowest BCUT2D eigenvalue weighted by Gasteiger charge is -2.30. The Labute approximate surface area is 161 Å². The van der Waals surface area contributed by atoms with Crippen molar-refractivity contribution in [2.24, 2.45) is 5.92 Å². The lowest BCUT2D eigenvalue weighted by molar-refractivity contribution is -0.143. The molecule has 0 spiro atoms. The fraction of sp³-hybridized carbons (Fsp3) is 0.316. The van der Waals surface area contributed by atoms with Crippen molar-refractivity contribution in [3.63, 3.8) is 0 Å². The Morgan fingerprint density at radius 1 is 1.26 bits per heavy atom. The Bertz CT molecular complexity index is 808. The number of rotatable bonds is 5. The van der Waals surface area contributed by atoms with Crippen molar-refractivity contribution in [1.82, 2.24) is 9.88 Å². The summed E-state index contributed by atoms with van der Waals surface area (Å²) in [7, 11) is 0. The second-order valence-electron chi connectivity index (χ2n) is 6.28. The molecule has 2 heterocycles. The number of hydrogen-bond donors (Lipinski definition) is 2. The number of aliphatic carboxylic acids is 1. The second-order valence-corrected chi connectivity index (χ2v) is 6.69. The normalized spacial score (nSPS) is 14.6. The van der Waals surface area contributed by atoms with E-state index in [-0.39, 0.29) is 11.9 Å². The molecule has 0 saturated carbocycles. The van der Waals surface area contributed by atoms with Crippen LogP contribution in [0.3, 0.4) is 0 Å². The molecule has 0 aliphatic carbocycles. The van der Waals surface area contributed by atoms with Gasteiger partial charge in [-0.25, -0.2) is 4.79 Å². The highest BCUT2D eigenvalue weighted by atomic mass is 35.5. The average Bonchev–Trinajstić information content (AvgIpc) is 2.68. The zero-order valence-electron chi connectivity index (χ0n) is 14.6. The number of likely N-dealkylation sites (tertiary alicyclic amines) is 1. The van der Waals surface area contributed by atoms with E-state index in [1.54, 1.807) is 29.3 Å². The van der Waals surface area contributed by atoms with Crippen LogP contribution in [0, 0.1) is 5.92 Å². The van der Waals surface area contributed by atoms with Crippen LogP contribution < -0.4 is 10.1 Å². The van der Waals surface area contributed by atoms with Gasteiger partial charge in [0.1, 0.15) is 12.4 Å². The van der Waals surface area contributed by atoms with Crippen molar-refractivity contribution in [2.45, 2.75) is 19.4 Å². The van der Waals surface area contributed by atoms with Crippen LogP contribution in [0.15, 0.2) is 42.6 Å². The van der Waals surface area contributed by atoms with E-state index in [0.29, 0.717) is 49.0 Å². The second kappa shape index (κ2) is 8.73. The molecule has 1 aliphatic rings. The average molecular weight is 390 g/mol. The fourth-order valence-electron chi connectivity index (χ4n) is 2.86. The largest absolute Gasteiger partial charge is 0.486 e. The number of carbonyl (C=O) groups is 2. The number of benzene rings is 1. The Balaban J connectivity index is 1.54. The molecule has 1 fully saturated rings. The van der Waals surface area contributed by atoms with Crippen molar-refractivity contribution >= 4 is 29.3 Å². The molecule has 27 heavy (non-hydrogen) atoms. The summed E-state index contributed by atoms with van der Waals surface area (Å²) in [5.74, 6) is -0.676. The van der Waals surface area contributed by atoms with Gasteiger partial charge in [0.15, 0.2) is 0 Å². The third kappa shape index (κ3) is 5.10. The van der Waals surface area contributed by atoms with E-state index in [1.807, 2.05) is 18.2 Å². The molecule has 2 aromatic rings. The molecule has 1 aromatic carbocycles. The summed E-state index contributed by atoms with van der Waals surface area (Å²) in [6, 6.07) is 10.3. The van der Waals surface area contributed by atoms with Crippen molar-refractivity contribution in [3.05, 3.63) is 53.3 Å². The molecule has 3 rings (SSSR count). The van der Waals surface area contributed by atoms with Gasteiger partial charge in [0.05, 0.1) is 16.6 Å². The molecule has 0 unspecified atom stereocenters. The van der Waals surface area contributed by atoms with E-state index < -0.39 is 5.97 Å². The lowest BCUT2D eigenvalue weighted by Crippen LogP contribution is -2.42. The monoisotopic (exact) mass is 389 g/mol. The molecule has 8 heteroatoms. The maximum atomic E-state index is 12.3. The van der Waals surface area contributed by atoms with E-state index in [2.05, 4.69) is 10.3 Å². The van der Waals surface area contributed by atoms with Gasteiger partial charge >= 0.3 is 12.0 Å². The summed E-state index contributed by atoms with van der Waals surface area (Å²) in [6.45, 7) is 1.13. The molecule has 142 valence electrons. The molecule has 1 aliphatic heterocycles. The van der Waals surface area contributed by atoms with Gasteiger partial charge < -0.3 is 20.1 Å². The van der Waals surface area contributed by atoms with Crippen LogP contribution in [0.2, 0.25) is 5.02 Å². The summed E-state index contributed by atoms with van der Waals surface area (Å²) >= 11 is 6.24. The third-order valence-electron chi connectivity index (χ3n) is 4.42. The molecule has 2 amide bonds. The summed E-state index contributed by atoms with van der Waals surface area (Å²) in [4.78, 5) is 29.1. The first-order valence-electron chi connectivity index (χ1n) is 8.64. The number of nitrogens with one attached hydrogen (secondary N) is 1. The number of aromatic nitrogens is 1. The van der Waals surface area contributed by atoms with Gasteiger partial charge in [0.2, 0.25) is 0 Å². The van der Waals surface area contributed by atoms with Gasteiger partial charge in [-0.05, 0) is 43.2 Å². The maximum absolute atomic E-state index is 12.3. The van der Waals surface area contributed by atoms with Crippen molar-refractivity contribution in [1.29, 1.82) is 0 Å². The highest BCUT2D eigenvalue weighted by Gasteiger charge is 2.27. The minimum Gasteiger partial charge on any atom is -0.486 e. The highest BCUT2D eigenvalue weighted by molar-refractivity contribution is 6.32. The van der Waals surface area contributed by atoms with Gasteiger partial charge in [-0.3, -0.25) is 9.78 Å². The molecular formula is C19H20ClN3O4. The topological polar surface area (TPSA) is 91.8 Å². The predicted octanol–water partition coefficient (Wildman–Crippen LogP) is 3.64. The SMILES string of the molecule is O=C(O)C1CCN(C(=O)Nc2ccc(OCc3ccccn3)c(Cl)c2)CC1. The third-order valence-corrected chi connectivity index (χ3v) is 4.71. The molecule has 7 nitrogen and oxygen atoms in total. The number of carbonyl (C=O) groups excluding carboxylic acids is 1. The number of amides is 2. The molecule has 1 saturated heterocycles. The maximum Gasteiger partial charge on any atom is 0.321 e. The van der Waals surface area contributed by atoms with E-state index in [9.17, 15) is 9.59 Å². The molecule has 2 N–H and O–H groups in total. The summed E-state index contributed by atoms with van der Waals surface area (Å²) < 4.78 is 5.66. The Morgan fingerprint density at radius 3 is 2.67 bits per heavy atom. The molecule has 0 bridgehead atoms. The first-order chi connectivity index (χ1) is 13.0. The first kappa shape index (κ1) is 19.0. The smallest absolute Gasteiger partial charge is 0.321 e. The number of ether oxygens (including phenoxy) is 1. The van der Waals surface area contributed by atoms with E-state index in [4.69, 9.17) is 21.4 Å². The number of carboxylic acids is 1. The number of hydrogen-bond acceptors (Lipinski definition) is 4. The van der Waals surface area contributed by atoms with Gasteiger partial charge in [-0.2, -0.15) is 0 Å². The quantitative estimate of drug-likeness (QED) is 0.814. The van der Waals surface area contributed by atoms with Crippen LogP contribution in [0.25, 0.3) is 0 Å². The molecular weight excluding hydrogens is 370 g/mol. The van der Waals surface area contributed by atoms with Crippen LogP contribution in [-0.4, -0.2) is 40.1 Å². The minimum atomic E-state index is -0.803. The van der Waals surface area contributed by atoms with Crippen LogP contribution in [0.5, 0.6) is 5.75 Å². The molecule has 1 aromatic heterocycles. The summed E-state index contributed by atoms with van der Waals surface area (Å²) in [6.07, 6.45) is 2.62. The number of pyridine rings is 1.